The van der Waals surface area contributed by atoms with Crippen LogP contribution in [0.3, 0.4) is 0 Å². The lowest BCUT2D eigenvalue weighted by Gasteiger charge is -2.39. The Balaban J connectivity index is 1.57. The van der Waals surface area contributed by atoms with Crippen molar-refractivity contribution in [3.8, 4) is 0 Å². The lowest BCUT2D eigenvalue weighted by Crippen LogP contribution is -2.51. The molecule has 1 fully saturated rings. The van der Waals surface area contributed by atoms with Crippen LogP contribution in [0.5, 0.6) is 0 Å². The Morgan fingerprint density at radius 2 is 1.86 bits per heavy atom. The number of nitrogens with one attached hydrogen (secondary N) is 1. The molecule has 1 saturated heterocycles. The number of allylic oxidation sites excluding steroid dienone is 2. The molecule has 1 aromatic carbocycles. The second kappa shape index (κ2) is 10.9. The molecule has 4 rings (SSSR count). The summed E-state index contributed by atoms with van der Waals surface area (Å²) in [5, 5.41) is 3.67. The number of anilines is 1. The van der Waals surface area contributed by atoms with Crippen molar-refractivity contribution in [1.82, 2.24) is 14.7 Å². The molecule has 0 spiro atoms. The number of para-hydroxylation sites is 1. The first-order valence-electron chi connectivity index (χ1n) is 12.4. The SMILES string of the molecule is CSc1ccccc1N[C@H](C)C1=C2CC=C(N3CCN(CC(F)(F)F)CC3)N(C)C(=O)C2=CC(C)C1. The van der Waals surface area contributed by atoms with E-state index in [1.54, 1.807) is 23.7 Å². The largest absolute Gasteiger partial charge is 0.401 e. The molecular formula is C27H35F3N4OS. The highest BCUT2D eigenvalue weighted by atomic mass is 32.2. The highest BCUT2D eigenvalue weighted by Gasteiger charge is 2.35. The Kier molecular flexibility index (Phi) is 8.09. The third-order valence-corrected chi connectivity index (χ3v) is 7.97. The Hall–Kier alpha value is -2.39. The van der Waals surface area contributed by atoms with Gasteiger partial charge in [0.25, 0.3) is 5.91 Å². The predicted octanol–water partition coefficient (Wildman–Crippen LogP) is 5.36. The number of alkyl halides is 3. The first-order chi connectivity index (χ1) is 17.1. The van der Waals surface area contributed by atoms with Crippen LogP contribution in [0, 0.1) is 5.92 Å². The molecule has 2 aliphatic heterocycles. The van der Waals surface area contributed by atoms with Crippen LogP contribution in [0.25, 0.3) is 0 Å². The number of hydrogen-bond donors (Lipinski definition) is 1. The standard InChI is InChI=1S/C27H35F3N4OS/c1-18-15-21(19(2)31-23-7-5-6-8-24(23)36-4)20-9-10-25(32(3)26(35)22(20)16-18)34-13-11-33(12-14-34)17-27(28,29)30/h5-8,10,16,18-19,31H,9,11-15,17H2,1-4H3/t18?,19-/m1/s1. The van der Waals surface area contributed by atoms with Gasteiger partial charge in [-0.1, -0.05) is 25.1 Å². The van der Waals surface area contributed by atoms with E-state index in [1.807, 2.05) is 17.0 Å². The van der Waals surface area contributed by atoms with E-state index in [9.17, 15) is 18.0 Å². The maximum atomic E-state index is 13.6. The van der Waals surface area contributed by atoms with Gasteiger partial charge in [-0.3, -0.25) is 14.6 Å². The molecule has 196 valence electrons. The van der Waals surface area contributed by atoms with Crippen molar-refractivity contribution in [2.45, 2.75) is 43.8 Å². The van der Waals surface area contributed by atoms with E-state index < -0.39 is 12.7 Å². The topological polar surface area (TPSA) is 38.8 Å². The van der Waals surface area contributed by atoms with Crippen molar-refractivity contribution < 1.29 is 18.0 Å². The minimum atomic E-state index is -4.20. The van der Waals surface area contributed by atoms with Crippen LogP contribution < -0.4 is 5.32 Å². The molecule has 1 N–H and O–H groups in total. The van der Waals surface area contributed by atoms with E-state index in [4.69, 9.17) is 0 Å². The van der Waals surface area contributed by atoms with Crippen LogP contribution >= 0.6 is 11.8 Å². The minimum Gasteiger partial charge on any atom is -0.378 e. The zero-order valence-corrected chi connectivity index (χ0v) is 22.2. The molecule has 1 unspecified atom stereocenters. The summed E-state index contributed by atoms with van der Waals surface area (Å²) in [6.45, 7) is 4.97. The number of carbonyl (C=O) groups is 1. The maximum absolute atomic E-state index is 13.6. The Morgan fingerprint density at radius 1 is 1.17 bits per heavy atom. The number of fused-ring (bicyclic) bond motifs is 1. The van der Waals surface area contributed by atoms with Crippen molar-refractivity contribution >= 4 is 23.4 Å². The summed E-state index contributed by atoms with van der Waals surface area (Å²) in [5.74, 6) is 0.977. The molecule has 3 aliphatic rings. The summed E-state index contributed by atoms with van der Waals surface area (Å²) in [6.07, 6.45) is 3.53. The van der Waals surface area contributed by atoms with Gasteiger partial charge in [0, 0.05) is 55.4 Å². The molecule has 0 bridgehead atoms. The van der Waals surface area contributed by atoms with Crippen molar-refractivity contribution in [2.75, 3.05) is 51.3 Å². The summed E-state index contributed by atoms with van der Waals surface area (Å²) < 4.78 is 38.4. The molecule has 0 aromatic heterocycles. The van der Waals surface area contributed by atoms with Crippen LogP contribution in [0.4, 0.5) is 18.9 Å². The average molecular weight is 521 g/mol. The van der Waals surface area contributed by atoms with Gasteiger partial charge in [-0.05, 0) is 61.3 Å². The lowest BCUT2D eigenvalue weighted by molar-refractivity contribution is -0.149. The zero-order chi connectivity index (χ0) is 26.0. The van der Waals surface area contributed by atoms with Gasteiger partial charge in [0.2, 0.25) is 0 Å². The minimum absolute atomic E-state index is 0.0489. The van der Waals surface area contributed by atoms with E-state index >= 15 is 0 Å². The number of rotatable bonds is 6. The second-order valence-electron chi connectivity index (χ2n) is 9.84. The van der Waals surface area contributed by atoms with E-state index in [0.717, 1.165) is 29.1 Å². The molecule has 1 amide bonds. The molecule has 2 heterocycles. The van der Waals surface area contributed by atoms with Gasteiger partial charge >= 0.3 is 6.18 Å². The number of thioether (sulfide) groups is 1. The monoisotopic (exact) mass is 520 g/mol. The van der Waals surface area contributed by atoms with Gasteiger partial charge in [-0.25, -0.2) is 0 Å². The van der Waals surface area contributed by atoms with Crippen molar-refractivity contribution in [3.63, 3.8) is 0 Å². The molecule has 0 radical (unpaired) electrons. The number of likely N-dealkylation sites (N-methyl/N-ethyl adjacent to an activating group) is 1. The van der Waals surface area contributed by atoms with E-state index in [1.165, 1.54) is 15.4 Å². The molecule has 1 aliphatic carbocycles. The van der Waals surface area contributed by atoms with Crippen LogP contribution in [0.2, 0.25) is 0 Å². The molecule has 5 nitrogen and oxygen atoms in total. The number of nitrogens with zero attached hydrogens (tertiary/aromatic N) is 3. The number of carbonyl (C=O) groups excluding carboxylic acids is 1. The number of piperazine rings is 1. The molecule has 0 saturated carbocycles. The second-order valence-corrected chi connectivity index (χ2v) is 10.7. The quantitative estimate of drug-likeness (QED) is 0.512. The molecular weight excluding hydrogens is 485 g/mol. The zero-order valence-electron chi connectivity index (χ0n) is 21.4. The molecule has 1 aromatic rings. The Bertz CT molecular complexity index is 1070. The Morgan fingerprint density at radius 3 is 2.53 bits per heavy atom. The van der Waals surface area contributed by atoms with Crippen molar-refractivity contribution in [1.29, 1.82) is 0 Å². The summed E-state index contributed by atoms with van der Waals surface area (Å²) in [7, 11) is 1.77. The fourth-order valence-electron chi connectivity index (χ4n) is 5.40. The first kappa shape index (κ1) is 26.7. The summed E-state index contributed by atoms with van der Waals surface area (Å²) in [4.78, 5) is 20.0. The van der Waals surface area contributed by atoms with Gasteiger partial charge in [-0.15, -0.1) is 11.8 Å². The van der Waals surface area contributed by atoms with Crippen LogP contribution in [-0.2, 0) is 4.79 Å². The van der Waals surface area contributed by atoms with Gasteiger partial charge < -0.3 is 10.2 Å². The highest BCUT2D eigenvalue weighted by Crippen LogP contribution is 2.38. The number of hydrogen-bond acceptors (Lipinski definition) is 5. The average Bonchev–Trinajstić information content (AvgIpc) is 2.95. The number of amides is 1. The molecule has 2 atom stereocenters. The first-order valence-corrected chi connectivity index (χ1v) is 13.7. The van der Waals surface area contributed by atoms with Crippen molar-refractivity contribution in [3.05, 3.63) is 59.0 Å². The molecule has 9 heteroatoms. The fourth-order valence-corrected chi connectivity index (χ4v) is 5.96. The van der Waals surface area contributed by atoms with Crippen LogP contribution in [0.1, 0.15) is 26.7 Å². The van der Waals surface area contributed by atoms with Crippen LogP contribution in [0.15, 0.2) is 63.9 Å². The summed E-state index contributed by atoms with van der Waals surface area (Å²) in [5.41, 5.74) is 4.14. The third-order valence-electron chi connectivity index (χ3n) is 7.17. The lowest BCUT2D eigenvalue weighted by atomic mass is 9.81. The fraction of sp³-hybridized carbons (Fsp3) is 0.519. The predicted molar refractivity (Wildman–Crippen MR) is 140 cm³/mol. The highest BCUT2D eigenvalue weighted by molar-refractivity contribution is 7.98. The maximum Gasteiger partial charge on any atom is 0.401 e. The van der Waals surface area contributed by atoms with Crippen molar-refractivity contribution in [2.24, 2.45) is 5.92 Å². The van der Waals surface area contributed by atoms with Crippen LogP contribution in [-0.4, -0.2) is 78.9 Å². The van der Waals surface area contributed by atoms with Gasteiger partial charge in [0.1, 0.15) is 5.82 Å². The van der Waals surface area contributed by atoms with Gasteiger partial charge in [0.05, 0.1) is 6.54 Å². The van der Waals surface area contributed by atoms with E-state index in [-0.39, 0.29) is 17.9 Å². The normalized spacial score (nSPS) is 22.6. The van der Waals surface area contributed by atoms with Gasteiger partial charge in [-0.2, -0.15) is 13.2 Å². The third kappa shape index (κ3) is 5.94. The van der Waals surface area contributed by atoms with E-state index in [0.29, 0.717) is 32.6 Å². The Labute approximate surface area is 216 Å². The van der Waals surface area contributed by atoms with Gasteiger partial charge in [0.15, 0.2) is 0 Å². The summed E-state index contributed by atoms with van der Waals surface area (Å²) >= 11 is 1.70. The number of halogens is 3. The van der Waals surface area contributed by atoms with E-state index in [2.05, 4.69) is 49.7 Å². The molecule has 36 heavy (non-hydrogen) atoms. The summed E-state index contributed by atoms with van der Waals surface area (Å²) in [6, 6.07) is 8.29. The number of benzene rings is 1. The smallest absolute Gasteiger partial charge is 0.378 e.